The van der Waals surface area contributed by atoms with E-state index in [1.54, 1.807) is 6.92 Å². The van der Waals surface area contributed by atoms with E-state index in [2.05, 4.69) is 19.2 Å². The molecule has 1 aliphatic heterocycles. The van der Waals surface area contributed by atoms with Crippen molar-refractivity contribution in [2.75, 3.05) is 6.54 Å². The van der Waals surface area contributed by atoms with Crippen molar-refractivity contribution in [3.05, 3.63) is 34.4 Å². The van der Waals surface area contributed by atoms with Crippen LogP contribution in [0, 0.1) is 24.5 Å². The molecule has 0 saturated heterocycles. The highest BCUT2D eigenvalue weighted by Crippen LogP contribution is 2.37. The first kappa shape index (κ1) is 13.5. The SMILES string of the molecule is Cc1cc(F)c2c(c1F)C(CC(C)C)NCC2C. The van der Waals surface area contributed by atoms with E-state index in [1.165, 1.54) is 6.07 Å². The molecule has 1 aliphatic rings. The van der Waals surface area contributed by atoms with Crippen molar-refractivity contribution in [2.45, 2.75) is 46.1 Å². The quantitative estimate of drug-likeness (QED) is 0.838. The third-order valence-corrected chi connectivity index (χ3v) is 3.69. The van der Waals surface area contributed by atoms with E-state index in [1.807, 2.05) is 6.92 Å². The van der Waals surface area contributed by atoms with E-state index in [0.717, 1.165) is 6.42 Å². The first-order valence-corrected chi connectivity index (χ1v) is 6.63. The van der Waals surface area contributed by atoms with Gasteiger partial charge in [-0.05, 0) is 42.4 Å². The first-order chi connectivity index (χ1) is 8.41. The maximum absolute atomic E-state index is 14.3. The Balaban J connectivity index is 2.55. The second-order valence-electron chi connectivity index (χ2n) is 5.81. The van der Waals surface area contributed by atoms with Gasteiger partial charge in [0.1, 0.15) is 11.6 Å². The Kier molecular flexibility index (Phi) is 3.71. The second-order valence-corrected chi connectivity index (χ2v) is 5.81. The van der Waals surface area contributed by atoms with Gasteiger partial charge in [-0.15, -0.1) is 0 Å². The molecule has 18 heavy (non-hydrogen) atoms. The highest BCUT2D eigenvalue weighted by Gasteiger charge is 2.31. The van der Waals surface area contributed by atoms with Crippen LogP contribution in [-0.2, 0) is 0 Å². The molecule has 2 rings (SSSR count). The van der Waals surface area contributed by atoms with E-state index in [0.29, 0.717) is 29.2 Å². The average molecular weight is 253 g/mol. The van der Waals surface area contributed by atoms with Crippen LogP contribution in [0.15, 0.2) is 6.07 Å². The summed E-state index contributed by atoms with van der Waals surface area (Å²) in [5.41, 5.74) is 1.53. The lowest BCUT2D eigenvalue weighted by molar-refractivity contribution is 0.372. The number of rotatable bonds is 2. The molecule has 0 spiro atoms. The van der Waals surface area contributed by atoms with Crippen LogP contribution in [0.3, 0.4) is 0 Å². The maximum atomic E-state index is 14.3. The molecule has 0 amide bonds. The Bertz CT molecular complexity index is 454. The van der Waals surface area contributed by atoms with Gasteiger partial charge in [0, 0.05) is 18.2 Å². The zero-order chi connectivity index (χ0) is 13.4. The molecular weight excluding hydrogens is 232 g/mol. The summed E-state index contributed by atoms with van der Waals surface area (Å²) in [6.07, 6.45) is 0.833. The third kappa shape index (κ3) is 2.28. The summed E-state index contributed by atoms with van der Waals surface area (Å²) in [6.45, 7) is 8.48. The van der Waals surface area contributed by atoms with Crippen molar-refractivity contribution in [1.29, 1.82) is 0 Å². The monoisotopic (exact) mass is 253 g/mol. The minimum atomic E-state index is -0.258. The van der Waals surface area contributed by atoms with E-state index >= 15 is 0 Å². The number of halogens is 2. The largest absolute Gasteiger partial charge is 0.309 e. The van der Waals surface area contributed by atoms with Crippen molar-refractivity contribution < 1.29 is 8.78 Å². The summed E-state index contributed by atoms with van der Waals surface area (Å²) in [7, 11) is 0. The van der Waals surface area contributed by atoms with Crippen LogP contribution in [0.4, 0.5) is 8.78 Å². The van der Waals surface area contributed by atoms with E-state index in [9.17, 15) is 8.78 Å². The van der Waals surface area contributed by atoms with Gasteiger partial charge >= 0.3 is 0 Å². The number of fused-ring (bicyclic) bond motifs is 1. The molecule has 3 heteroatoms. The minimum absolute atomic E-state index is 0.0264. The zero-order valence-corrected chi connectivity index (χ0v) is 11.5. The molecule has 0 bridgehead atoms. The molecule has 0 saturated carbocycles. The van der Waals surface area contributed by atoms with E-state index < -0.39 is 0 Å². The van der Waals surface area contributed by atoms with Crippen LogP contribution in [0.5, 0.6) is 0 Å². The van der Waals surface area contributed by atoms with Crippen molar-refractivity contribution in [3.63, 3.8) is 0 Å². The first-order valence-electron chi connectivity index (χ1n) is 6.63. The lowest BCUT2D eigenvalue weighted by Crippen LogP contribution is -2.34. The van der Waals surface area contributed by atoms with Crippen molar-refractivity contribution in [1.82, 2.24) is 5.32 Å². The Morgan fingerprint density at radius 1 is 1.33 bits per heavy atom. The number of nitrogens with one attached hydrogen (secondary N) is 1. The molecule has 1 aromatic rings. The molecule has 0 fully saturated rings. The molecule has 100 valence electrons. The van der Waals surface area contributed by atoms with Crippen molar-refractivity contribution in [3.8, 4) is 0 Å². The molecule has 0 radical (unpaired) electrons. The Morgan fingerprint density at radius 2 is 2.00 bits per heavy atom. The second kappa shape index (κ2) is 4.96. The third-order valence-electron chi connectivity index (χ3n) is 3.69. The minimum Gasteiger partial charge on any atom is -0.309 e. The smallest absolute Gasteiger partial charge is 0.131 e. The zero-order valence-electron chi connectivity index (χ0n) is 11.5. The van der Waals surface area contributed by atoms with E-state index in [4.69, 9.17) is 0 Å². The molecule has 1 heterocycles. The molecular formula is C15H21F2N. The van der Waals surface area contributed by atoms with Crippen LogP contribution in [0.1, 0.15) is 55.8 Å². The molecule has 2 unspecified atom stereocenters. The number of hydrogen-bond acceptors (Lipinski definition) is 1. The van der Waals surface area contributed by atoms with Crippen LogP contribution in [0.2, 0.25) is 0 Å². The maximum Gasteiger partial charge on any atom is 0.131 e. The molecule has 1 aromatic carbocycles. The number of benzene rings is 1. The Labute approximate surface area is 108 Å². The van der Waals surface area contributed by atoms with Gasteiger partial charge in [0.25, 0.3) is 0 Å². The number of hydrogen-bond donors (Lipinski definition) is 1. The summed E-state index contributed by atoms with van der Waals surface area (Å²) in [6, 6.07) is 1.26. The van der Waals surface area contributed by atoms with Crippen LogP contribution in [-0.4, -0.2) is 6.54 Å². The van der Waals surface area contributed by atoms with Gasteiger partial charge in [0.15, 0.2) is 0 Å². The summed E-state index contributed by atoms with van der Waals surface area (Å²) >= 11 is 0. The van der Waals surface area contributed by atoms with E-state index in [-0.39, 0.29) is 23.6 Å². The van der Waals surface area contributed by atoms with Gasteiger partial charge in [0.05, 0.1) is 0 Å². The fourth-order valence-electron chi connectivity index (χ4n) is 2.83. The highest BCUT2D eigenvalue weighted by molar-refractivity contribution is 5.41. The topological polar surface area (TPSA) is 12.0 Å². The Morgan fingerprint density at radius 3 is 2.61 bits per heavy atom. The summed E-state index contributed by atoms with van der Waals surface area (Å²) in [4.78, 5) is 0. The van der Waals surface area contributed by atoms with Gasteiger partial charge < -0.3 is 5.32 Å². The van der Waals surface area contributed by atoms with Gasteiger partial charge in [0.2, 0.25) is 0 Å². The fourth-order valence-corrected chi connectivity index (χ4v) is 2.83. The van der Waals surface area contributed by atoms with Crippen molar-refractivity contribution in [2.24, 2.45) is 5.92 Å². The van der Waals surface area contributed by atoms with Gasteiger partial charge in [-0.2, -0.15) is 0 Å². The predicted molar refractivity (Wildman–Crippen MR) is 69.7 cm³/mol. The standard InChI is InChI=1S/C15H21F2N/c1-8(2)5-12-14-13(10(4)7-18-12)11(16)6-9(3)15(14)17/h6,8,10,12,18H,5,7H2,1-4H3. The molecule has 1 N–H and O–H groups in total. The number of aryl methyl sites for hydroxylation is 1. The summed E-state index contributed by atoms with van der Waals surface area (Å²) in [5.74, 6) is -0.0204. The average Bonchev–Trinajstić information content (AvgIpc) is 2.27. The van der Waals surface area contributed by atoms with Crippen molar-refractivity contribution >= 4 is 0 Å². The Hall–Kier alpha value is -0.960. The molecule has 0 aliphatic carbocycles. The van der Waals surface area contributed by atoms with Gasteiger partial charge in [-0.1, -0.05) is 20.8 Å². The molecule has 2 atom stereocenters. The fraction of sp³-hybridized carbons (Fsp3) is 0.600. The highest BCUT2D eigenvalue weighted by atomic mass is 19.1. The lowest BCUT2D eigenvalue weighted by atomic mass is 9.83. The summed E-state index contributed by atoms with van der Waals surface area (Å²) < 4.78 is 28.4. The molecule has 0 aromatic heterocycles. The molecule has 1 nitrogen and oxygen atoms in total. The van der Waals surface area contributed by atoms with Crippen LogP contribution < -0.4 is 5.32 Å². The van der Waals surface area contributed by atoms with Gasteiger partial charge in [-0.3, -0.25) is 0 Å². The predicted octanol–water partition coefficient (Wildman–Crippen LogP) is 4.07. The van der Waals surface area contributed by atoms with Gasteiger partial charge in [-0.25, -0.2) is 8.78 Å². The van der Waals surface area contributed by atoms with Crippen LogP contribution >= 0.6 is 0 Å². The summed E-state index contributed by atoms with van der Waals surface area (Å²) in [5, 5.41) is 3.34. The van der Waals surface area contributed by atoms with Crippen LogP contribution in [0.25, 0.3) is 0 Å². The normalized spacial score (nSPS) is 23.3. The lowest BCUT2D eigenvalue weighted by Gasteiger charge is -2.33.